The molecule has 0 bridgehead atoms. The van der Waals surface area contributed by atoms with Gasteiger partial charge in [-0.2, -0.15) is 0 Å². The van der Waals surface area contributed by atoms with Crippen LogP contribution in [0.15, 0.2) is 23.1 Å². The zero-order valence-electron chi connectivity index (χ0n) is 9.99. The van der Waals surface area contributed by atoms with Gasteiger partial charge in [-0.15, -0.1) is 11.8 Å². The van der Waals surface area contributed by atoms with E-state index in [1.54, 1.807) is 11.8 Å². The number of thioether (sulfide) groups is 1. The summed E-state index contributed by atoms with van der Waals surface area (Å²) in [4.78, 5) is 12.8. The average molecular weight is 248 g/mol. The van der Waals surface area contributed by atoms with Gasteiger partial charge in [0.1, 0.15) is 0 Å². The van der Waals surface area contributed by atoms with Crippen molar-refractivity contribution in [1.29, 1.82) is 0 Å². The van der Waals surface area contributed by atoms with Crippen LogP contribution in [-0.2, 0) is 4.79 Å². The van der Waals surface area contributed by atoms with Crippen LogP contribution in [0.25, 0.3) is 0 Å². The largest absolute Gasteiger partial charge is 0.324 e. The topological polar surface area (TPSA) is 41.1 Å². The molecule has 3 nitrogen and oxygen atoms in total. The molecule has 2 heterocycles. The van der Waals surface area contributed by atoms with Crippen molar-refractivity contribution in [3.63, 3.8) is 0 Å². The van der Waals surface area contributed by atoms with Gasteiger partial charge < -0.3 is 10.6 Å². The van der Waals surface area contributed by atoms with E-state index in [1.807, 2.05) is 6.92 Å². The van der Waals surface area contributed by atoms with E-state index in [0.717, 1.165) is 5.69 Å². The molecule has 0 aromatic heterocycles. The summed E-state index contributed by atoms with van der Waals surface area (Å²) in [5.41, 5.74) is 2.24. The fraction of sp³-hybridized carbons (Fsp3) is 0.462. The molecule has 1 amide bonds. The van der Waals surface area contributed by atoms with Gasteiger partial charge in [-0.05, 0) is 38.0 Å². The molecule has 0 saturated carbocycles. The molecule has 0 radical (unpaired) electrons. The molecule has 3 atom stereocenters. The zero-order chi connectivity index (χ0) is 12.0. The molecule has 1 saturated heterocycles. The lowest BCUT2D eigenvalue weighted by Crippen LogP contribution is -2.43. The third kappa shape index (κ3) is 1.96. The van der Waals surface area contributed by atoms with E-state index in [1.165, 1.54) is 16.9 Å². The van der Waals surface area contributed by atoms with E-state index in [4.69, 9.17) is 0 Å². The van der Waals surface area contributed by atoms with E-state index < -0.39 is 0 Å². The van der Waals surface area contributed by atoms with Crippen molar-refractivity contribution in [2.24, 2.45) is 0 Å². The van der Waals surface area contributed by atoms with E-state index >= 15 is 0 Å². The second-order valence-corrected chi connectivity index (χ2v) is 6.24. The first-order chi connectivity index (χ1) is 8.13. The summed E-state index contributed by atoms with van der Waals surface area (Å²) in [6.45, 7) is 4.13. The number of carbonyl (C=O) groups is 1. The Labute approximate surface area is 105 Å². The van der Waals surface area contributed by atoms with Crippen LogP contribution < -0.4 is 10.6 Å². The van der Waals surface area contributed by atoms with E-state index in [2.05, 4.69) is 35.8 Å². The molecule has 0 spiro atoms. The molecule has 0 aliphatic carbocycles. The number of nitrogens with one attached hydrogen (secondary N) is 2. The third-order valence-corrected chi connectivity index (χ3v) is 4.59. The van der Waals surface area contributed by atoms with Gasteiger partial charge >= 0.3 is 0 Å². The molecule has 1 fully saturated rings. The fourth-order valence-corrected chi connectivity index (χ4v) is 3.28. The second-order valence-electron chi connectivity index (χ2n) is 4.86. The van der Waals surface area contributed by atoms with Gasteiger partial charge in [0.25, 0.3) is 0 Å². The zero-order valence-corrected chi connectivity index (χ0v) is 10.8. The highest BCUT2D eigenvalue weighted by atomic mass is 32.2. The fourth-order valence-electron chi connectivity index (χ4n) is 2.35. The molecule has 3 rings (SSSR count). The maximum Gasteiger partial charge on any atom is 0.237 e. The minimum atomic E-state index is 0.00944. The number of rotatable bonds is 1. The summed E-state index contributed by atoms with van der Waals surface area (Å²) in [6.07, 6.45) is 1.18. The predicted molar refractivity (Wildman–Crippen MR) is 70.3 cm³/mol. The highest BCUT2D eigenvalue weighted by molar-refractivity contribution is 8.00. The summed E-state index contributed by atoms with van der Waals surface area (Å²) < 4.78 is 0. The summed E-state index contributed by atoms with van der Waals surface area (Å²) >= 11 is 1.63. The van der Waals surface area contributed by atoms with Gasteiger partial charge in [0, 0.05) is 17.0 Å². The summed E-state index contributed by atoms with van der Waals surface area (Å²) in [6, 6.07) is 7.46. The number of carbonyl (C=O) groups excluding carboxylic acids is 1. The van der Waals surface area contributed by atoms with Crippen LogP contribution in [0, 0.1) is 0 Å². The van der Waals surface area contributed by atoms with E-state index in [0.29, 0.717) is 12.1 Å². The Morgan fingerprint density at radius 1 is 1.35 bits per heavy atom. The molecule has 3 unspecified atom stereocenters. The Balaban J connectivity index is 1.86. The van der Waals surface area contributed by atoms with Crippen molar-refractivity contribution in [2.75, 3.05) is 5.32 Å². The van der Waals surface area contributed by atoms with Gasteiger partial charge in [-0.3, -0.25) is 4.79 Å². The van der Waals surface area contributed by atoms with Crippen LogP contribution in [0.5, 0.6) is 0 Å². The first-order valence-corrected chi connectivity index (χ1v) is 6.89. The van der Waals surface area contributed by atoms with Crippen LogP contribution in [-0.4, -0.2) is 17.2 Å². The molecule has 90 valence electrons. The normalized spacial score (nSPS) is 31.4. The van der Waals surface area contributed by atoms with Gasteiger partial charge in [0.05, 0.1) is 10.9 Å². The summed E-state index contributed by atoms with van der Waals surface area (Å²) in [5.74, 6) is 0.106. The number of amides is 1. The second kappa shape index (κ2) is 4.03. The lowest BCUT2D eigenvalue weighted by molar-refractivity contribution is -0.115. The third-order valence-electron chi connectivity index (χ3n) is 3.41. The van der Waals surface area contributed by atoms with Crippen LogP contribution >= 0.6 is 11.8 Å². The van der Waals surface area contributed by atoms with Crippen molar-refractivity contribution in [3.05, 3.63) is 23.8 Å². The Morgan fingerprint density at radius 3 is 2.82 bits per heavy atom. The highest BCUT2D eigenvalue weighted by Crippen LogP contribution is 2.38. The number of hydrogen-bond donors (Lipinski definition) is 2. The van der Waals surface area contributed by atoms with E-state index in [-0.39, 0.29) is 11.2 Å². The predicted octanol–water partition coefficient (Wildman–Crippen LogP) is 2.54. The first kappa shape index (κ1) is 11.1. The van der Waals surface area contributed by atoms with E-state index in [9.17, 15) is 4.79 Å². The van der Waals surface area contributed by atoms with Crippen LogP contribution in [0.2, 0.25) is 0 Å². The van der Waals surface area contributed by atoms with Crippen LogP contribution in [0.3, 0.4) is 0 Å². The lowest BCUT2D eigenvalue weighted by atomic mass is 9.91. The molecule has 1 aromatic carbocycles. The standard InChI is InChI=1S/C13H16N2OS/c1-7-5-10(14-7)9-3-4-12-11(6-9)15-13(16)8(2)17-12/h3-4,6-8,10,14H,5H2,1-2H3,(H,15,16). The molecular formula is C13H16N2OS. The van der Waals surface area contributed by atoms with Gasteiger partial charge in [-0.25, -0.2) is 0 Å². The lowest BCUT2D eigenvalue weighted by Gasteiger charge is -2.36. The van der Waals surface area contributed by atoms with Crippen LogP contribution in [0.4, 0.5) is 5.69 Å². The molecule has 17 heavy (non-hydrogen) atoms. The number of benzene rings is 1. The van der Waals surface area contributed by atoms with Crippen molar-refractivity contribution in [1.82, 2.24) is 5.32 Å². The van der Waals surface area contributed by atoms with Crippen molar-refractivity contribution < 1.29 is 4.79 Å². The minimum absolute atomic E-state index is 0.00944. The molecule has 1 aromatic rings. The Hall–Kier alpha value is -1.000. The number of anilines is 1. The quantitative estimate of drug-likeness (QED) is 0.802. The van der Waals surface area contributed by atoms with Crippen molar-refractivity contribution in [3.8, 4) is 0 Å². The van der Waals surface area contributed by atoms with Crippen LogP contribution in [0.1, 0.15) is 31.9 Å². The average Bonchev–Trinajstić information content (AvgIpc) is 2.26. The summed E-state index contributed by atoms with van der Waals surface area (Å²) in [7, 11) is 0. The highest BCUT2D eigenvalue weighted by Gasteiger charge is 2.28. The SMILES string of the molecule is CC1CC(c2ccc3c(c2)NC(=O)C(C)S3)N1. The Morgan fingerprint density at radius 2 is 2.12 bits per heavy atom. The smallest absolute Gasteiger partial charge is 0.237 e. The Kier molecular flexibility index (Phi) is 2.64. The minimum Gasteiger partial charge on any atom is -0.324 e. The van der Waals surface area contributed by atoms with Gasteiger partial charge in [0.2, 0.25) is 5.91 Å². The molecule has 2 aliphatic heterocycles. The molecular weight excluding hydrogens is 232 g/mol. The van der Waals surface area contributed by atoms with Gasteiger partial charge in [-0.1, -0.05) is 6.07 Å². The molecule has 2 aliphatic rings. The maximum atomic E-state index is 11.6. The molecule has 4 heteroatoms. The van der Waals surface area contributed by atoms with Crippen molar-refractivity contribution >= 4 is 23.4 Å². The summed E-state index contributed by atoms with van der Waals surface area (Å²) in [5, 5.41) is 6.45. The van der Waals surface area contributed by atoms with Gasteiger partial charge in [0.15, 0.2) is 0 Å². The maximum absolute atomic E-state index is 11.6. The first-order valence-electron chi connectivity index (χ1n) is 6.01. The number of hydrogen-bond acceptors (Lipinski definition) is 3. The molecule has 2 N–H and O–H groups in total. The monoisotopic (exact) mass is 248 g/mol. The number of fused-ring (bicyclic) bond motifs is 1. The van der Waals surface area contributed by atoms with Crippen molar-refractivity contribution in [2.45, 2.75) is 42.5 Å². The Bertz CT molecular complexity index is 468.